The van der Waals surface area contributed by atoms with Crippen molar-refractivity contribution in [2.45, 2.75) is 6.92 Å². The molecule has 2 aromatic carbocycles. The number of esters is 2. The first-order valence-corrected chi connectivity index (χ1v) is 7.97. The molecule has 1 aliphatic heterocycles. The maximum atomic E-state index is 12.1. The van der Waals surface area contributed by atoms with Crippen LogP contribution < -0.4 is 4.74 Å². The second-order valence-corrected chi connectivity index (χ2v) is 5.80. The van der Waals surface area contributed by atoms with Crippen molar-refractivity contribution < 1.29 is 24.0 Å². The van der Waals surface area contributed by atoms with E-state index in [9.17, 15) is 19.7 Å². The molecule has 2 aromatic rings. The molecule has 0 radical (unpaired) electrons. The van der Waals surface area contributed by atoms with Crippen LogP contribution in [0.25, 0.3) is 6.08 Å². The number of rotatable bonds is 4. The van der Waals surface area contributed by atoms with Crippen molar-refractivity contribution >= 4 is 41.2 Å². The highest BCUT2D eigenvalue weighted by atomic mass is 35.5. The number of benzene rings is 2. The normalized spacial score (nSPS) is 14.7. The molecule has 136 valence electrons. The first-order chi connectivity index (χ1) is 12.8. The fraction of sp³-hybridized carbons (Fsp3) is 0.0556. The van der Waals surface area contributed by atoms with Crippen LogP contribution in [-0.2, 0) is 14.3 Å². The zero-order valence-electron chi connectivity index (χ0n) is 13.8. The summed E-state index contributed by atoms with van der Waals surface area (Å²) in [5, 5.41) is 11.6. The first kappa shape index (κ1) is 18.3. The predicted octanol–water partition coefficient (Wildman–Crippen LogP) is 3.52. The zero-order chi connectivity index (χ0) is 19.6. The Labute approximate surface area is 157 Å². The average molecular weight is 387 g/mol. The summed E-state index contributed by atoms with van der Waals surface area (Å²) in [5.41, 5.74) is 0.307. The summed E-state index contributed by atoms with van der Waals surface area (Å²) in [4.78, 5) is 37.7. The highest BCUT2D eigenvalue weighted by Gasteiger charge is 2.26. The summed E-state index contributed by atoms with van der Waals surface area (Å²) in [6.45, 7) is 1.14. The molecule has 0 amide bonds. The van der Waals surface area contributed by atoms with Gasteiger partial charge in [0, 0.05) is 13.0 Å². The number of nitrogens with zero attached hydrogens (tertiary/aromatic N) is 2. The number of hydrogen-bond acceptors (Lipinski definition) is 7. The summed E-state index contributed by atoms with van der Waals surface area (Å²) in [5.74, 6) is -1.54. The van der Waals surface area contributed by atoms with Crippen LogP contribution in [0, 0.1) is 10.1 Å². The van der Waals surface area contributed by atoms with Gasteiger partial charge in [0.25, 0.3) is 0 Å². The van der Waals surface area contributed by atoms with Gasteiger partial charge in [-0.25, -0.2) is 9.79 Å². The summed E-state index contributed by atoms with van der Waals surface area (Å²) in [6.07, 6.45) is 1.33. The smallest absolute Gasteiger partial charge is 0.363 e. The predicted molar refractivity (Wildman–Crippen MR) is 96.5 cm³/mol. The van der Waals surface area contributed by atoms with E-state index in [1.165, 1.54) is 24.3 Å². The van der Waals surface area contributed by atoms with Crippen molar-refractivity contribution in [2.24, 2.45) is 4.99 Å². The maximum Gasteiger partial charge on any atom is 0.363 e. The van der Waals surface area contributed by atoms with Gasteiger partial charge in [-0.05, 0) is 29.8 Å². The Morgan fingerprint density at radius 1 is 1.30 bits per heavy atom. The van der Waals surface area contributed by atoms with Crippen LogP contribution in [-0.4, -0.2) is 22.8 Å². The number of carbonyl (C=O) groups is 2. The van der Waals surface area contributed by atoms with Crippen LogP contribution in [0.5, 0.6) is 5.75 Å². The average Bonchev–Trinajstić information content (AvgIpc) is 2.96. The van der Waals surface area contributed by atoms with Crippen LogP contribution in [0.4, 0.5) is 5.69 Å². The Morgan fingerprint density at radius 3 is 2.70 bits per heavy atom. The molecule has 27 heavy (non-hydrogen) atoms. The molecule has 3 rings (SSSR count). The third kappa shape index (κ3) is 4.01. The van der Waals surface area contributed by atoms with Gasteiger partial charge < -0.3 is 9.47 Å². The quantitative estimate of drug-likeness (QED) is 0.261. The summed E-state index contributed by atoms with van der Waals surface area (Å²) >= 11 is 6.07. The van der Waals surface area contributed by atoms with E-state index in [0.29, 0.717) is 16.1 Å². The van der Waals surface area contributed by atoms with Gasteiger partial charge in [-0.3, -0.25) is 14.9 Å². The number of aliphatic imine (C=N–C) groups is 1. The van der Waals surface area contributed by atoms with E-state index >= 15 is 0 Å². The molecule has 1 aliphatic rings. The molecule has 0 bridgehead atoms. The Kier molecular flexibility index (Phi) is 5.00. The van der Waals surface area contributed by atoms with Crippen molar-refractivity contribution in [2.75, 3.05) is 0 Å². The number of carbonyl (C=O) groups excluding carboxylic acids is 2. The van der Waals surface area contributed by atoms with E-state index in [1.54, 1.807) is 24.3 Å². The molecule has 8 nitrogen and oxygen atoms in total. The number of halogens is 1. The van der Waals surface area contributed by atoms with Gasteiger partial charge in [-0.2, -0.15) is 0 Å². The molecule has 0 unspecified atom stereocenters. The van der Waals surface area contributed by atoms with E-state index in [-0.39, 0.29) is 17.3 Å². The molecular weight excluding hydrogens is 376 g/mol. The van der Waals surface area contributed by atoms with Crippen LogP contribution in [0.3, 0.4) is 0 Å². The Hall–Kier alpha value is -3.52. The molecular formula is C18H11ClN2O6. The van der Waals surface area contributed by atoms with Crippen LogP contribution in [0.15, 0.2) is 53.2 Å². The second-order valence-electron chi connectivity index (χ2n) is 5.39. The van der Waals surface area contributed by atoms with E-state index < -0.39 is 22.5 Å². The lowest BCUT2D eigenvalue weighted by Gasteiger charge is -2.03. The lowest BCUT2D eigenvalue weighted by molar-refractivity contribution is -0.385. The minimum atomic E-state index is -0.711. The molecule has 0 atom stereocenters. The molecule has 0 spiro atoms. The van der Waals surface area contributed by atoms with Crippen LogP contribution in [0.2, 0.25) is 5.02 Å². The fourth-order valence-corrected chi connectivity index (χ4v) is 2.54. The number of ether oxygens (including phenoxy) is 2. The van der Waals surface area contributed by atoms with Crippen molar-refractivity contribution in [1.82, 2.24) is 0 Å². The van der Waals surface area contributed by atoms with E-state index in [0.717, 1.165) is 6.92 Å². The Balaban J connectivity index is 1.97. The van der Waals surface area contributed by atoms with E-state index in [4.69, 9.17) is 21.1 Å². The Bertz CT molecular complexity index is 1030. The minimum absolute atomic E-state index is 0.0422. The fourth-order valence-electron chi connectivity index (χ4n) is 2.32. The van der Waals surface area contributed by atoms with Crippen molar-refractivity contribution in [3.8, 4) is 5.75 Å². The monoisotopic (exact) mass is 386 g/mol. The standard InChI is InChI=1S/C18H11ClN2O6/c1-10(22)26-16-7-6-11(9-15(16)21(24)25)8-14-18(23)27-17(20-14)12-4-2-3-5-13(12)19/h2-9H,1H3/b14-8-. The van der Waals surface area contributed by atoms with Gasteiger partial charge in [0.15, 0.2) is 5.70 Å². The molecule has 0 aromatic heterocycles. The number of cyclic esters (lactones) is 1. The first-order valence-electron chi connectivity index (χ1n) is 7.59. The summed E-state index contributed by atoms with van der Waals surface area (Å²) in [7, 11) is 0. The Morgan fingerprint density at radius 2 is 2.04 bits per heavy atom. The van der Waals surface area contributed by atoms with Gasteiger partial charge in [0.1, 0.15) is 0 Å². The molecule has 0 N–H and O–H groups in total. The number of nitro groups is 1. The van der Waals surface area contributed by atoms with Crippen LogP contribution in [0.1, 0.15) is 18.1 Å². The van der Waals surface area contributed by atoms with Gasteiger partial charge in [-0.15, -0.1) is 0 Å². The van der Waals surface area contributed by atoms with E-state index in [2.05, 4.69) is 4.99 Å². The highest BCUT2D eigenvalue weighted by molar-refractivity contribution is 6.34. The van der Waals surface area contributed by atoms with Gasteiger partial charge in [0.05, 0.1) is 15.5 Å². The van der Waals surface area contributed by atoms with Gasteiger partial charge in [-0.1, -0.05) is 29.8 Å². The molecule has 0 aliphatic carbocycles. The van der Waals surface area contributed by atoms with Gasteiger partial charge >= 0.3 is 17.6 Å². The SMILES string of the molecule is CC(=O)Oc1ccc(/C=C2\N=C(c3ccccc3Cl)OC2=O)cc1[N+](=O)[O-]. The third-order valence-corrected chi connectivity index (χ3v) is 3.79. The molecule has 1 heterocycles. The largest absolute Gasteiger partial charge is 0.419 e. The summed E-state index contributed by atoms with van der Waals surface area (Å²) < 4.78 is 9.93. The number of nitro benzene ring substituents is 1. The molecule has 0 saturated carbocycles. The van der Waals surface area contributed by atoms with Crippen LogP contribution >= 0.6 is 11.6 Å². The van der Waals surface area contributed by atoms with Crippen molar-refractivity contribution in [3.63, 3.8) is 0 Å². The molecule has 0 saturated heterocycles. The highest BCUT2D eigenvalue weighted by Crippen LogP contribution is 2.30. The number of hydrogen-bond donors (Lipinski definition) is 0. The lowest BCUT2D eigenvalue weighted by atomic mass is 10.1. The second kappa shape index (κ2) is 7.38. The topological polar surface area (TPSA) is 108 Å². The van der Waals surface area contributed by atoms with E-state index in [1.807, 2.05) is 0 Å². The maximum absolute atomic E-state index is 12.1. The molecule has 9 heteroatoms. The summed E-state index contributed by atoms with van der Waals surface area (Å²) in [6, 6.07) is 10.6. The van der Waals surface area contributed by atoms with Crippen molar-refractivity contribution in [1.29, 1.82) is 0 Å². The van der Waals surface area contributed by atoms with Gasteiger partial charge in [0.2, 0.25) is 11.6 Å². The third-order valence-electron chi connectivity index (χ3n) is 3.46. The molecule has 0 fully saturated rings. The zero-order valence-corrected chi connectivity index (χ0v) is 14.6. The lowest BCUT2D eigenvalue weighted by Crippen LogP contribution is -2.06. The van der Waals surface area contributed by atoms with Crippen molar-refractivity contribution in [3.05, 3.63) is 74.4 Å². The minimum Gasteiger partial charge on any atom is -0.419 e.